The van der Waals surface area contributed by atoms with E-state index in [1.54, 1.807) is 6.26 Å². The molecule has 2 rings (SSSR count). The minimum Gasteiger partial charge on any atom is -0.483 e. The summed E-state index contributed by atoms with van der Waals surface area (Å²) in [6.45, 7) is -0.934. The van der Waals surface area contributed by atoms with Gasteiger partial charge in [-0.05, 0) is 12.7 Å². The van der Waals surface area contributed by atoms with Crippen molar-refractivity contribution in [3.8, 4) is 5.75 Å². The number of halogens is 5. The van der Waals surface area contributed by atoms with Crippen molar-refractivity contribution >= 4 is 39.3 Å². The van der Waals surface area contributed by atoms with Crippen LogP contribution >= 0.6 is 27.7 Å². The highest BCUT2D eigenvalue weighted by Crippen LogP contribution is 2.34. The van der Waals surface area contributed by atoms with E-state index in [9.17, 15) is 22.4 Å². The van der Waals surface area contributed by atoms with Gasteiger partial charge in [-0.15, -0.1) is 11.8 Å². The number of carbonyl (C=O) groups excluding carboxylic acids is 1. The number of alkyl halides is 3. The number of allylic oxidation sites excluding steroid dienone is 1. The van der Waals surface area contributed by atoms with E-state index in [-0.39, 0.29) is 23.8 Å². The molecule has 0 N–H and O–H groups in total. The molecule has 1 amide bonds. The normalized spacial score (nSPS) is 18.1. The molecule has 3 nitrogen and oxygen atoms in total. The molecular formula is C15H14BrF4NO2S. The van der Waals surface area contributed by atoms with Gasteiger partial charge in [0.05, 0.1) is 22.6 Å². The summed E-state index contributed by atoms with van der Waals surface area (Å²) in [7, 11) is 0. The Balaban J connectivity index is 2.42. The second-order valence-electron chi connectivity index (χ2n) is 4.95. The van der Waals surface area contributed by atoms with Gasteiger partial charge in [0.25, 0.3) is 6.43 Å². The number of benzene rings is 1. The Labute approximate surface area is 149 Å². The molecule has 0 aliphatic carbocycles. The molecule has 1 unspecified atom stereocenters. The van der Waals surface area contributed by atoms with Gasteiger partial charge in [0.1, 0.15) is 23.3 Å². The Bertz CT molecular complexity index is 633. The lowest BCUT2D eigenvalue weighted by molar-refractivity contribution is -0.129. The van der Waals surface area contributed by atoms with Crippen LogP contribution < -0.4 is 4.74 Å². The van der Waals surface area contributed by atoms with Crippen molar-refractivity contribution in [3.05, 3.63) is 35.4 Å². The van der Waals surface area contributed by atoms with E-state index in [4.69, 9.17) is 4.74 Å². The first-order valence-electron chi connectivity index (χ1n) is 6.90. The fourth-order valence-corrected chi connectivity index (χ4v) is 2.97. The average molecular weight is 428 g/mol. The second-order valence-corrected chi connectivity index (χ2v) is 6.86. The summed E-state index contributed by atoms with van der Waals surface area (Å²) in [5.41, 5.74) is -0.706. The molecule has 24 heavy (non-hydrogen) atoms. The standard InChI is InChI=1S/C15H14BrF4NO2S/c1-24-7-23-8-4-10(17)14(11(18)5-8)12-3-2-9(16)15(22)21(12)6-13(19)20/h3-5,9,13H,2,6-7H2,1H3. The fraction of sp³-hybridized carbons (Fsp3) is 0.400. The molecule has 0 saturated heterocycles. The van der Waals surface area contributed by atoms with Gasteiger partial charge in [-0.1, -0.05) is 22.0 Å². The molecule has 1 aromatic carbocycles. The molecule has 1 atom stereocenters. The zero-order valence-electron chi connectivity index (χ0n) is 12.6. The predicted octanol–water partition coefficient (Wildman–Crippen LogP) is 4.27. The van der Waals surface area contributed by atoms with Crippen LogP contribution in [-0.2, 0) is 4.79 Å². The van der Waals surface area contributed by atoms with Crippen LogP contribution in [-0.4, -0.2) is 40.8 Å². The SMILES string of the molecule is CSCOc1cc(F)c(C2=CCC(Br)C(=O)N2CC(F)F)c(F)c1. The summed E-state index contributed by atoms with van der Waals surface area (Å²) in [5, 5.41) is 0. The Morgan fingerprint density at radius 3 is 2.54 bits per heavy atom. The van der Waals surface area contributed by atoms with Gasteiger partial charge in [0.2, 0.25) is 5.91 Å². The maximum atomic E-state index is 14.4. The molecule has 1 aromatic rings. The zero-order chi connectivity index (χ0) is 17.9. The van der Waals surface area contributed by atoms with E-state index < -0.39 is 40.9 Å². The van der Waals surface area contributed by atoms with Crippen LogP contribution in [0.25, 0.3) is 5.70 Å². The minimum absolute atomic E-state index is 0.00962. The summed E-state index contributed by atoms with van der Waals surface area (Å²) >= 11 is 4.40. The minimum atomic E-state index is -2.83. The smallest absolute Gasteiger partial charge is 0.256 e. The molecule has 0 saturated carbocycles. The number of hydrogen-bond acceptors (Lipinski definition) is 3. The molecule has 1 aliphatic heterocycles. The van der Waals surface area contributed by atoms with Crippen LogP contribution in [0.1, 0.15) is 12.0 Å². The van der Waals surface area contributed by atoms with Crippen LogP contribution in [0, 0.1) is 11.6 Å². The van der Waals surface area contributed by atoms with Crippen LogP contribution in [0.3, 0.4) is 0 Å². The van der Waals surface area contributed by atoms with E-state index in [0.29, 0.717) is 4.90 Å². The highest BCUT2D eigenvalue weighted by atomic mass is 79.9. The van der Waals surface area contributed by atoms with E-state index in [1.807, 2.05) is 0 Å². The van der Waals surface area contributed by atoms with Crippen molar-refractivity contribution in [1.82, 2.24) is 4.90 Å². The van der Waals surface area contributed by atoms with Crippen LogP contribution in [0.4, 0.5) is 17.6 Å². The molecule has 1 aliphatic rings. The highest BCUT2D eigenvalue weighted by Gasteiger charge is 2.33. The van der Waals surface area contributed by atoms with Crippen molar-refractivity contribution in [2.45, 2.75) is 17.7 Å². The molecule has 0 spiro atoms. The largest absolute Gasteiger partial charge is 0.483 e. The Hall–Kier alpha value is -1.22. The fourth-order valence-electron chi connectivity index (χ4n) is 2.28. The second kappa shape index (κ2) is 8.24. The maximum Gasteiger partial charge on any atom is 0.256 e. The monoisotopic (exact) mass is 427 g/mol. The summed E-state index contributed by atoms with van der Waals surface area (Å²) < 4.78 is 59.4. The summed E-state index contributed by atoms with van der Waals surface area (Å²) in [5.74, 6) is -2.41. The van der Waals surface area contributed by atoms with E-state index in [1.165, 1.54) is 17.8 Å². The van der Waals surface area contributed by atoms with Crippen molar-refractivity contribution in [3.63, 3.8) is 0 Å². The van der Waals surface area contributed by atoms with E-state index in [0.717, 1.165) is 12.1 Å². The van der Waals surface area contributed by atoms with Crippen molar-refractivity contribution in [1.29, 1.82) is 0 Å². The Morgan fingerprint density at radius 1 is 1.38 bits per heavy atom. The number of thioether (sulfide) groups is 1. The zero-order valence-corrected chi connectivity index (χ0v) is 15.0. The first-order chi connectivity index (χ1) is 11.3. The number of carbonyl (C=O) groups is 1. The molecule has 9 heteroatoms. The first-order valence-corrected chi connectivity index (χ1v) is 9.21. The molecule has 0 radical (unpaired) electrons. The van der Waals surface area contributed by atoms with Gasteiger partial charge in [-0.25, -0.2) is 17.6 Å². The van der Waals surface area contributed by atoms with Gasteiger partial charge >= 0.3 is 0 Å². The lowest BCUT2D eigenvalue weighted by atomic mass is 10.0. The first kappa shape index (κ1) is 19.1. The quantitative estimate of drug-likeness (QED) is 0.385. The third-order valence-corrected chi connectivity index (χ3v) is 4.40. The number of hydrogen-bond donors (Lipinski definition) is 0. The Morgan fingerprint density at radius 2 is 2.00 bits per heavy atom. The average Bonchev–Trinajstić information content (AvgIpc) is 2.51. The number of ether oxygens (including phenoxy) is 1. The summed E-state index contributed by atoms with van der Waals surface area (Å²) in [4.78, 5) is 12.1. The number of rotatable bonds is 6. The third-order valence-electron chi connectivity index (χ3n) is 3.28. The van der Waals surface area contributed by atoms with Gasteiger partial charge in [-0.2, -0.15) is 0 Å². The molecule has 132 valence electrons. The molecule has 0 fully saturated rings. The highest BCUT2D eigenvalue weighted by molar-refractivity contribution is 9.10. The number of nitrogens with zero attached hydrogens (tertiary/aromatic N) is 1. The van der Waals surface area contributed by atoms with Crippen molar-refractivity contribution in [2.24, 2.45) is 0 Å². The van der Waals surface area contributed by atoms with E-state index >= 15 is 0 Å². The molecule has 0 aromatic heterocycles. The van der Waals surface area contributed by atoms with Gasteiger partial charge in [-0.3, -0.25) is 4.79 Å². The van der Waals surface area contributed by atoms with Gasteiger partial charge in [0, 0.05) is 12.1 Å². The summed E-state index contributed by atoms with van der Waals surface area (Å²) in [6.07, 6.45) is 0.453. The van der Waals surface area contributed by atoms with Crippen molar-refractivity contribution in [2.75, 3.05) is 18.7 Å². The van der Waals surface area contributed by atoms with Crippen molar-refractivity contribution < 1.29 is 27.1 Å². The molecule has 1 heterocycles. The van der Waals surface area contributed by atoms with Crippen LogP contribution in [0.15, 0.2) is 18.2 Å². The van der Waals surface area contributed by atoms with Crippen LogP contribution in [0.2, 0.25) is 0 Å². The van der Waals surface area contributed by atoms with Gasteiger partial charge < -0.3 is 9.64 Å². The topological polar surface area (TPSA) is 29.5 Å². The van der Waals surface area contributed by atoms with Crippen LogP contribution in [0.5, 0.6) is 5.75 Å². The summed E-state index contributed by atoms with van der Waals surface area (Å²) in [6, 6.07) is 1.95. The maximum absolute atomic E-state index is 14.4. The lowest BCUT2D eigenvalue weighted by Crippen LogP contribution is -2.41. The molecule has 0 bridgehead atoms. The predicted molar refractivity (Wildman–Crippen MR) is 88.4 cm³/mol. The van der Waals surface area contributed by atoms with E-state index in [2.05, 4.69) is 15.9 Å². The third kappa shape index (κ3) is 4.24. The Kier molecular flexibility index (Phi) is 6.56. The molecular weight excluding hydrogens is 414 g/mol. The lowest BCUT2D eigenvalue weighted by Gasteiger charge is -2.31. The number of amides is 1. The van der Waals surface area contributed by atoms with Gasteiger partial charge in [0.15, 0.2) is 0 Å².